The Bertz CT molecular complexity index is 1420. The van der Waals surface area contributed by atoms with Crippen molar-refractivity contribution in [2.24, 2.45) is 5.73 Å². The molecule has 0 aliphatic carbocycles. The predicted molar refractivity (Wildman–Crippen MR) is 150 cm³/mol. The number of hydrogen-bond acceptors (Lipinski definition) is 3. The zero-order valence-corrected chi connectivity index (χ0v) is 20.4. The van der Waals surface area contributed by atoms with Crippen LogP contribution in [0.1, 0.15) is 11.3 Å². The van der Waals surface area contributed by atoms with Gasteiger partial charge in [0.25, 0.3) is 0 Å². The number of benzene rings is 4. The van der Waals surface area contributed by atoms with E-state index in [0.29, 0.717) is 6.54 Å². The van der Waals surface area contributed by atoms with Gasteiger partial charge in [0, 0.05) is 35.3 Å². The third-order valence-corrected chi connectivity index (χ3v) is 6.25. The maximum absolute atomic E-state index is 5.95. The number of pyridine rings is 1. The van der Waals surface area contributed by atoms with Gasteiger partial charge < -0.3 is 15.4 Å². The van der Waals surface area contributed by atoms with E-state index in [9.17, 15) is 0 Å². The molecule has 0 spiro atoms. The highest BCUT2D eigenvalue weighted by Crippen LogP contribution is 2.34. The summed E-state index contributed by atoms with van der Waals surface area (Å²) in [6.07, 6.45) is 4.30. The lowest BCUT2D eigenvalue weighted by atomic mass is 10.1. The molecule has 0 bridgehead atoms. The molecule has 4 nitrogen and oxygen atoms in total. The molecule has 0 aliphatic rings. The topological polar surface area (TPSA) is 42.4 Å². The molecule has 5 aromatic rings. The Hall–Kier alpha value is -4.41. The largest absolute Gasteiger partial charge is 0.497 e. The summed E-state index contributed by atoms with van der Waals surface area (Å²) in [5.41, 5.74) is 12.7. The molecule has 0 fully saturated rings. The van der Waals surface area contributed by atoms with Crippen LogP contribution in [0.3, 0.4) is 0 Å². The van der Waals surface area contributed by atoms with Gasteiger partial charge in [0.05, 0.1) is 19.0 Å². The molecule has 5 rings (SSSR count). The van der Waals surface area contributed by atoms with Gasteiger partial charge in [-0.3, -0.25) is 0 Å². The highest BCUT2D eigenvalue weighted by Gasteiger charge is 2.14. The zero-order chi connectivity index (χ0) is 24.7. The minimum absolute atomic E-state index is 0.570. The number of fused-ring (bicyclic) bond motifs is 1. The van der Waals surface area contributed by atoms with Gasteiger partial charge in [0.15, 0.2) is 6.54 Å². The average Bonchev–Trinajstić information content (AvgIpc) is 2.94. The number of para-hydroxylation sites is 2. The molecular formula is C32H30N3O+. The monoisotopic (exact) mass is 472 g/mol. The first-order chi connectivity index (χ1) is 17.8. The summed E-state index contributed by atoms with van der Waals surface area (Å²) in [6, 6.07) is 39.9. The smallest absolute Gasteiger partial charge is 0.213 e. The van der Waals surface area contributed by atoms with E-state index >= 15 is 0 Å². The molecule has 0 unspecified atom stereocenters. The number of anilines is 3. The summed E-state index contributed by atoms with van der Waals surface area (Å²) < 4.78 is 7.65. The molecule has 0 radical (unpaired) electrons. The number of methoxy groups -OCH3 is 1. The first kappa shape index (κ1) is 23.3. The van der Waals surface area contributed by atoms with E-state index in [1.54, 1.807) is 7.11 Å². The Balaban J connectivity index is 1.45. The number of hydrogen-bond donors (Lipinski definition) is 1. The van der Waals surface area contributed by atoms with Crippen LogP contribution in [-0.2, 0) is 6.54 Å². The van der Waals surface area contributed by atoms with Crippen molar-refractivity contribution in [2.75, 3.05) is 18.6 Å². The van der Waals surface area contributed by atoms with Crippen molar-refractivity contribution < 1.29 is 9.30 Å². The molecule has 2 N–H and O–H groups in total. The summed E-state index contributed by atoms with van der Waals surface area (Å²) in [5.74, 6) is 0.852. The zero-order valence-electron chi connectivity index (χ0n) is 20.4. The van der Waals surface area contributed by atoms with Crippen LogP contribution in [0.15, 0.2) is 115 Å². The molecule has 36 heavy (non-hydrogen) atoms. The number of ether oxygens (including phenoxy) is 1. The van der Waals surface area contributed by atoms with Gasteiger partial charge in [0.2, 0.25) is 11.2 Å². The SMILES string of the molecule is COc1ccc2c(ccc(/C=C/c3ccc(N(c4ccccc4)c4ccccc4)cc3)[n+]2CCN)c1. The fourth-order valence-corrected chi connectivity index (χ4v) is 4.48. The van der Waals surface area contributed by atoms with Crippen molar-refractivity contribution >= 4 is 40.1 Å². The third kappa shape index (κ3) is 4.99. The lowest BCUT2D eigenvalue weighted by molar-refractivity contribution is -0.670. The van der Waals surface area contributed by atoms with Gasteiger partial charge >= 0.3 is 0 Å². The average molecular weight is 473 g/mol. The van der Waals surface area contributed by atoms with Crippen molar-refractivity contribution in [1.29, 1.82) is 0 Å². The minimum atomic E-state index is 0.570. The summed E-state index contributed by atoms with van der Waals surface area (Å²) in [4.78, 5) is 2.26. The summed E-state index contributed by atoms with van der Waals surface area (Å²) >= 11 is 0. The van der Waals surface area contributed by atoms with E-state index in [2.05, 4.69) is 119 Å². The molecule has 0 amide bonds. The lowest BCUT2D eigenvalue weighted by Gasteiger charge is -2.25. The molecule has 0 atom stereocenters. The van der Waals surface area contributed by atoms with Gasteiger partial charge in [0.1, 0.15) is 5.75 Å². The molecule has 1 aromatic heterocycles. The predicted octanol–water partition coefficient (Wildman–Crippen LogP) is 6.73. The van der Waals surface area contributed by atoms with Gasteiger partial charge in [-0.25, -0.2) is 0 Å². The fraction of sp³-hybridized carbons (Fsp3) is 0.0938. The highest BCUT2D eigenvalue weighted by molar-refractivity contribution is 5.80. The molecule has 0 saturated carbocycles. The van der Waals surface area contributed by atoms with Gasteiger partial charge in [-0.1, -0.05) is 48.5 Å². The van der Waals surface area contributed by atoms with Crippen LogP contribution >= 0.6 is 0 Å². The molecular weight excluding hydrogens is 442 g/mol. The minimum Gasteiger partial charge on any atom is -0.497 e. The number of rotatable bonds is 8. The first-order valence-corrected chi connectivity index (χ1v) is 12.2. The van der Waals surface area contributed by atoms with Crippen LogP contribution in [0, 0.1) is 0 Å². The number of nitrogens with zero attached hydrogens (tertiary/aromatic N) is 2. The van der Waals surface area contributed by atoms with Crippen molar-refractivity contribution in [3.8, 4) is 5.75 Å². The Labute approximate surface area is 212 Å². The van der Waals surface area contributed by atoms with E-state index in [-0.39, 0.29) is 0 Å². The van der Waals surface area contributed by atoms with Gasteiger partial charge in [-0.05, 0) is 66.2 Å². The molecule has 178 valence electrons. The lowest BCUT2D eigenvalue weighted by Crippen LogP contribution is -2.41. The van der Waals surface area contributed by atoms with Crippen LogP contribution < -0.4 is 19.9 Å². The first-order valence-electron chi connectivity index (χ1n) is 12.2. The molecule has 4 heteroatoms. The maximum Gasteiger partial charge on any atom is 0.213 e. The van der Waals surface area contributed by atoms with Crippen LogP contribution in [0.25, 0.3) is 23.1 Å². The van der Waals surface area contributed by atoms with E-state index < -0.39 is 0 Å². The summed E-state index contributed by atoms with van der Waals surface area (Å²) in [5, 5.41) is 1.13. The van der Waals surface area contributed by atoms with Crippen molar-refractivity contribution in [3.63, 3.8) is 0 Å². The van der Waals surface area contributed by atoms with Gasteiger partial charge in [-0.15, -0.1) is 0 Å². The van der Waals surface area contributed by atoms with Crippen LogP contribution in [-0.4, -0.2) is 13.7 Å². The molecule has 0 saturated heterocycles. The highest BCUT2D eigenvalue weighted by atomic mass is 16.5. The second-order valence-electron chi connectivity index (χ2n) is 8.55. The van der Waals surface area contributed by atoms with E-state index in [1.807, 2.05) is 18.2 Å². The Morgan fingerprint density at radius 1 is 0.722 bits per heavy atom. The molecule has 0 aliphatic heterocycles. The van der Waals surface area contributed by atoms with Crippen molar-refractivity contribution in [2.45, 2.75) is 6.54 Å². The van der Waals surface area contributed by atoms with Crippen molar-refractivity contribution in [3.05, 3.63) is 127 Å². The standard InChI is InChI=1S/C32H30N3O/c1-36-31-20-21-32-26(24-31)15-19-27(34(32)23-22-33)16-12-25-13-17-30(18-14-25)35(28-8-4-2-5-9-28)29-10-6-3-7-11-29/h2-21,24H,22-23,33H2,1H3/q+1. The normalized spacial score (nSPS) is 11.2. The fourth-order valence-electron chi connectivity index (χ4n) is 4.48. The summed E-state index contributed by atoms with van der Waals surface area (Å²) in [6.45, 7) is 1.31. The third-order valence-electron chi connectivity index (χ3n) is 6.25. The second-order valence-corrected chi connectivity index (χ2v) is 8.55. The number of aromatic nitrogens is 1. The van der Waals surface area contributed by atoms with Crippen molar-refractivity contribution in [1.82, 2.24) is 0 Å². The second kappa shape index (κ2) is 10.9. The quantitative estimate of drug-likeness (QED) is 0.255. The molecule has 4 aromatic carbocycles. The Kier molecular flexibility index (Phi) is 7.06. The van der Waals surface area contributed by atoms with Gasteiger partial charge in [-0.2, -0.15) is 4.57 Å². The number of nitrogens with two attached hydrogens (primary N) is 1. The summed E-state index contributed by atoms with van der Waals surface area (Å²) in [7, 11) is 1.69. The Morgan fingerprint density at radius 3 is 1.97 bits per heavy atom. The maximum atomic E-state index is 5.95. The van der Waals surface area contributed by atoms with Crippen LogP contribution in [0.2, 0.25) is 0 Å². The van der Waals surface area contributed by atoms with E-state index in [4.69, 9.17) is 10.5 Å². The van der Waals surface area contributed by atoms with E-state index in [0.717, 1.165) is 51.5 Å². The van der Waals surface area contributed by atoms with Crippen LogP contribution in [0.4, 0.5) is 17.1 Å². The Morgan fingerprint density at radius 2 is 1.36 bits per heavy atom. The molecule has 1 heterocycles. The van der Waals surface area contributed by atoms with E-state index in [1.165, 1.54) is 0 Å². The van der Waals surface area contributed by atoms with Crippen LogP contribution in [0.5, 0.6) is 5.75 Å².